The van der Waals surface area contributed by atoms with Gasteiger partial charge in [0.1, 0.15) is 0 Å². The van der Waals surface area contributed by atoms with Gasteiger partial charge in [-0.3, -0.25) is 0 Å². The number of carbonyl (C=O) groups is 1. The highest BCUT2D eigenvalue weighted by molar-refractivity contribution is 6.42. The van der Waals surface area contributed by atoms with E-state index < -0.39 is 0 Å². The van der Waals surface area contributed by atoms with Gasteiger partial charge in [0, 0.05) is 24.7 Å². The minimum atomic E-state index is -0.260. The molecule has 2 aromatic carbocycles. The predicted octanol–water partition coefficient (Wildman–Crippen LogP) is 6.51. The third-order valence-electron chi connectivity index (χ3n) is 7.03. The Labute approximate surface area is 230 Å². The molecule has 1 fully saturated rings. The van der Waals surface area contributed by atoms with Gasteiger partial charge < -0.3 is 29.7 Å². The predicted molar refractivity (Wildman–Crippen MR) is 151 cm³/mol. The Balaban J connectivity index is 1.50. The highest BCUT2D eigenvalue weighted by Gasteiger charge is 2.24. The van der Waals surface area contributed by atoms with Crippen molar-refractivity contribution in [1.29, 1.82) is 0 Å². The molecule has 9 heteroatoms. The maximum Gasteiger partial charge on any atom is 0.319 e. The van der Waals surface area contributed by atoms with E-state index in [9.17, 15) is 4.79 Å². The van der Waals surface area contributed by atoms with E-state index >= 15 is 0 Å². The molecule has 2 amide bonds. The number of carbonyl (C=O) groups excluding carboxylic acids is 1. The van der Waals surface area contributed by atoms with Gasteiger partial charge in [-0.1, -0.05) is 43.1 Å². The lowest BCUT2D eigenvalue weighted by Gasteiger charge is -2.35. The molecule has 1 atom stereocenters. The van der Waals surface area contributed by atoms with Gasteiger partial charge in [-0.05, 0) is 68.3 Å². The smallest absolute Gasteiger partial charge is 0.319 e. The standard InChI is InChI=1S/C28H39Cl2N3O4/c1-18(2)24(32-28(34)31-21-15-25(35-3)27(37-5)26(16-21)36-4)17-33-12-10-19(11-13-33)6-7-20-8-9-22(29)23(30)14-20/h8-9,14-16,18-19,24H,6-7,10-13,17H2,1-5H3,(H2,31,32,34). The number of benzene rings is 2. The van der Waals surface area contributed by atoms with Crippen LogP contribution in [0.1, 0.15) is 38.7 Å². The van der Waals surface area contributed by atoms with Gasteiger partial charge in [-0.2, -0.15) is 0 Å². The number of anilines is 1. The number of urea groups is 1. The van der Waals surface area contributed by atoms with Gasteiger partial charge in [0.05, 0.1) is 37.1 Å². The number of likely N-dealkylation sites (tertiary alicyclic amines) is 1. The van der Waals surface area contributed by atoms with Crippen LogP contribution in [0.3, 0.4) is 0 Å². The highest BCUT2D eigenvalue weighted by atomic mass is 35.5. The van der Waals surface area contributed by atoms with Crippen LogP contribution in [0.25, 0.3) is 0 Å². The van der Waals surface area contributed by atoms with Gasteiger partial charge in [0.2, 0.25) is 5.75 Å². The van der Waals surface area contributed by atoms with E-state index in [2.05, 4.69) is 35.4 Å². The van der Waals surface area contributed by atoms with Crippen molar-refractivity contribution in [2.75, 3.05) is 46.3 Å². The van der Waals surface area contributed by atoms with Crippen molar-refractivity contribution >= 4 is 34.9 Å². The summed E-state index contributed by atoms with van der Waals surface area (Å²) in [4.78, 5) is 15.3. The monoisotopic (exact) mass is 551 g/mol. The zero-order valence-corrected chi connectivity index (χ0v) is 23.9. The van der Waals surface area contributed by atoms with E-state index in [4.69, 9.17) is 37.4 Å². The first-order valence-corrected chi connectivity index (χ1v) is 13.5. The first kappa shape index (κ1) is 29.2. The number of nitrogens with zero attached hydrogens (tertiary/aromatic N) is 1. The molecular formula is C28H39Cl2N3O4. The second-order valence-electron chi connectivity index (χ2n) is 9.89. The molecule has 0 saturated carbocycles. The molecule has 0 spiro atoms. The lowest BCUT2D eigenvalue weighted by Crippen LogP contribution is -2.49. The topological polar surface area (TPSA) is 72.1 Å². The molecule has 2 aromatic rings. The van der Waals surface area contributed by atoms with Crippen LogP contribution in [0.4, 0.5) is 10.5 Å². The molecule has 1 saturated heterocycles. The van der Waals surface area contributed by atoms with E-state index in [1.54, 1.807) is 33.5 Å². The molecule has 204 valence electrons. The second-order valence-corrected chi connectivity index (χ2v) is 10.7. The van der Waals surface area contributed by atoms with Gasteiger partial charge in [0.15, 0.2) is 11.5 Å². The number of nitrogens with one attached hydrogen (secondary N) is 2. The molecule has 0 aromatic heterocycles. The number of ether oxygens (including phenoxy) is 3. The first-order valence-electron chi connectivity index (χ1n) is 12.8. The summed E-state index contributed by atoms with van der Waals surface area (Å²) in [6.07, 6.45) is 4.47. The van der Waals surface area contributed by atoms with Crippen LogP contribution < -0.4 is 24.8 Å². The first-order chi connectivity index (χ1) is 17.7. The minimum absolute atomic E-state index is 0.0230. The van der Waals surface area contributed by atoms with Crippen molar-refractivity contribution in [3.05, 3.63) is 45.9 Å². The summed E-state index contributed by atoms with van der Waals surface area (Å²) in [5.41, 5.74) is 1.80. The Kier molecular flexibility index (Phi) is 11.0. The summed E-state index contributed by atoms with van der Waals surface area (Å²) in [6.45, 7) is 7.15. The summed E-state index contributed by atoms with van der Waals surface area (Å²) in [5, 5.41) is 7.29. The zero-order valence-electron chi connectivity index (χ0n) is 22.4. The van der Waals surface area contributed by atoms with Crippen LogP contribution >= 0.6 is 23.2 Å². The Bertz CT molecular complexity index is 1020. The van der Waals surface area contributed by atoms with E-state index in [0.717, 1.165) is 45.3 Å². The van der Waals surface area contributed by atoms with E-state index in [1.807, 2.05) is 12.1 Å². The average molecular weight is 553 g/mol. The van der Waals surface area contributed by atoms with Crippen LogP contribution in [0.15, 0.2) is 30.3 Å². The molecule has 0 aliphatic carbocycles. The molecule has 0 radical (unpaired) electrons. The Hall–Kier alpha value is -2.35. The maximum atomic E-state index is 12.9. The second kappa shape index (κ2) is 14.0. The van der Waals surface area contributed by atoms with Gasteiger partial charge in [0.25, 0.3) is 0 Å². The van der Waals surface area contributed by atoms with Crippen LogP contribution in [-0.2, 0) is 6.42 Å². The fourth-order valence-corrected chi connectivity index (χ4v) is 5.03. The largest absolute Gasteiger partial charge is 0.493 e. The Morgan fingerprint density at radius 3 is 2.19 bits per heavy atom. The lowest BCUT2D eigenvalue weighted by atomic mass is 9.90. The number of methoxy groups -OCH3 is 3. The van der Waals surface area contributed by atoms with Crippen LogP contribution in [0, 0.1) is 11.8 Å². The van der Waals surface area contributed by atoms with Crippen molar-refractivity contribution in [1.82, 2.24) is 10.2 Å². The molecule has 2 N–H and O–H groups in total. The van der Waals surface area contributed by atoms with Crippen molar-refractivity contribution < 1.29 is 19.0 Å². The van der Waals surface area contributed by atoms with Gasteiger partial charge >= 0.3 is 6.03 Å². The molecule has 1 unspecified atom stereocenters. The van der Waals surface area contributed by atoms with E-state index in [0.29, 0.717) is 38.9 Å². The molecule has 1 heterocycles. The van der Waals surface area contributed by atoms with Gasteiger partial charge in [-0.15, -0.1) is 0 Å². The van der Waals surface area contributed by atoms with Crippen molar-refractivity contribution in [2.24, 2.45) is 11.8 Å². The summed E-state index contributed by atoms with van der Waals surface area (Å²) in [6, 6.07) is 9.10. The number of piperidine rings is 1. The van der Waals surface area contributed by atoms with Crippen molar-refractivity contribution in [2.45, 2.75) is 45.6 Å². The number of amides is 2. The number of halogens is 2. The fourth-order valence-electron chi connectivity index (χ4n) is 4.71. The molecule has 1 aliphatic heterocycles. The lowest BCUT2D eigenvalue weighted by molar-refractivity contribution is 0.154. The summed E-state index contributed by atoms with van der Waals surface area (Å²) >= 11 is 12.2. The SMILES string of the molecule is COc1cc(NC(=O)NC(CN2CCC(CCc3ccc(Cl)c(Cl)c3)CC2)C(C)C)cc(OC)c1OC. The fraction of sp³-hybridized carbons (Fsp3) is 0.536. The molecule has 7 nitrogen and oxygen atoms in total. The molecule has 37 heavy (non-hydrogen) atoms. The maximum absolute atomic E-state index is 12.9. The van der Waals surface area contributed by atoms with Crippen molar-refractivity contribution in [3.63, 3.8) is 0 Å². The summed E-state index contributed by atoms with van der Waals surface area (Å²) < 4.78 is 16.1. The van der Waals surface area contributed by atoms with E-state index in [-0.39, 0.29) is 18.0 Å². The van der Waals surface area contributed by atoms with Crippen LogP contribution in [0.5, 0.6) is 17.2 Å². The summed E-state index contributed by atoms with van der Waals surface area (Å²) in [7, 11) is 4.64. The number of hydrogen-bond donors (Lipinski definition) is 2. The zero-order chi connectivity index (χ0) is 26.9. The Morgan fingerprint density at radius 1 is 1.00 bits per heavy atom. The van der Waals surface area contributed by atoms with Gasteiger partial charge in [-0.25, -0.2) is 4.79 Å². The quantitative estimate of drug-likeness (QED) is 0.333. The van der Waals surface area contributed by atoms with E-state index in [1.165, 1.54) is 5.56 Å². The molecule has 3 rings (SSSR count). The number of aryl methyl sites for hydroxylation is 1. The minimum Gasteiger partial charge on any atom is -0.493 e. The summed E-state index contributed by atoms with van der Waals surface area (Å²) in [5.74, 6) is 2.44. The molecule has 0 bridgehead atoms. The number of rotatable bonds is 11. The highest BCUT2D eigenvalue weighted by Crippen LogP contribution is 2.40. The normalized spacial score (nSPS) is 15.4. The Morgan fingerprint density at radius 2 is 1.65 bits per heavy atom. The third-order valence-corrected chi connectivity index (χ3v) is 7.77. The van der Waals surface area contributed by atoms with Crippen molar-refractivity contribution in [3.8, 4) is 17.2 Å². The average Bonchev–Trinajstić information content (AvgIpc) is 2.89. The van der Waals surface area contributed by atoms with Crippen LogP contribution in [0.2, 0.25) is 10.0 Å². The third kappa shape index (κ3) is 8.32. The molecule has 1 aliphatic rings. The molecular weight excluding hydrogens is 513 g/mol. The van der Waals surface area contributed by atoms with Crippen LogP contribution in [-0.4, -0.2) is 57.9 Å². The number of hydrogen-bond acceptors (Lipinski definition) is 5.